The highest BCUT2D eigenvalue weighted by Gasteiger charge is 2.35. The first kappa shape index (κ1) is 13.4. The second kappa shape index (κ2) is 5.75. The molecule has 0 atom stereocenters. The van der Waals surface area contributed by atoms with Gasteiger partial charge in [0.1, 0.15) is 11.3 Å². The molecule has 19 heavy (non-hydrogen) atoms. The fourth-order valence-electron chi connectivity index (χ4n) is 2.40. The van der Waals surface area contributed by atoms with Crippen LogP contribution in [0.3, 0.4) is 0 Å². The van der Waals surface area contributed by atoms with Crippen molar-refractivity contribution < 1.29 is 9.53 Å². The van der Waals surface area contributed by atoms with E-state index in [-0.39, 0.29) is 5.91 Å². The van der Waals surface area contributed by atoms with Crippen molar-refractivity contribution in [1.82, 2.24) is 5.32 Å². The topological polar surface area (TPSA) is 62.1 Å². The monoisotopic (exact) mass is 258 g/mol. The third kappa shape index (κ3) is 3.05. The van der Waals surface area contributed by atoms with Crippen LogP contribution in [0.2, 0.25) is 0 Å². The summed E-state index contributed by atoms with van der Waals surface area (Å²) in [4.78, 5) is 12.1. The molecule has 0 heterocycles. The van der Waals surface area contributed by atoms with Gasteiger partial charge in [0.25, 0.3) is 5.91 Å². The van der Waals surface area contributed by atoms with Crippen LogP contribution in [0, 0.1) is 11.3 Å². The van der Waals surface area contributed by atoms with Crippen LogP contribution in [0.5, 0.6) is 5.75 Å². The summed E-state index contributed by atoms with van der Waals surface area (Å²) >= 11 is 0. The van der Waals surface area contributed by atoms with Crippen LogP contribution in [-0.4, -0.2) is 18.1 Å². The first-order chi connectivity index (χ1) is 9.19. The van der Waals surface area contributed by atoms with Crippen LogP contribution in [0.4, 0.5) is 0 Å². The molecule has 2 rings (SSSR count). The van der Waals surface area contributed by atoms with Gasteiger partial charge in [-0.1, -0.05) is 0 Å². The Balaban J connectivity index is 2.05. The van der Waals surface area contributed by atoms with Gasteiger partial charge in [0, 0.05) is 5.56 Å². The molecule has 1 fully saturated rings. The van der Waals surface area contributed by atoms with Crippen molar-refractivity contribution in [3.8, 4) is 11.8 Å². The Morgan fingerprint density at radius 2 is 2.00 bits per heavy atom. The molecule has 0 saturated heterocycles. The van der Waals surface area contributed by atoms with Crippen molar-refractivity contribution >= 4 is 5.91 Å². The second-order valence-electron chi connectivity index (χ2n) is 4.81. The number of amides is 1. The van der Waals surface area contributed by atoms with Gasteiger partial charge in [-0.05, 0) is 56.9 Å². The first-order valence-corrected chi connectivity index (χ1v) is 6.66. The maximum Gasteiger partial charge on any atom is 0.252 e. The van der Waals surface area contributed by atoms with E-state index in [1.165, 1.54) is 0 Å². The molecule has 1 amide bonds. The SMILES string of the molecule is CCOc1ccc(C(=O)NC2(C#N)CCCC2)cc1. The van der Waals surface area contributed by atoms with Crippen molar-refractivity contribution in [3.63, 3.8) is 0 Å². The smallest absolute Gasteiger partial charge is 0.252 e. The predicted octanol–water partition coefficient (Wildman–Crippen LogP) is 2.65. The molecule has 0 aromatic heterocycles. The Morgan fingerprint density at radius 3 is 2.53 bits per heavy atom. The van der Waals surface area contributed by atoms with Crippen molar-refractivity contribution in [2.75, 3.05) is 6.61 Å². The summed E-state index contributed by atoms with van der Waals surface area (Å²) in [5.41, 5.74) is -0.111. The minimum Gasteiger partial charge on any atom is -0.494 e. The Morgan fingerprint density at radius 1 is 1.37 bits per heavy atom. The number of nitrogens with one attached hydrogen (secondary N) is 1. The minimum absolute atomic E-state index is 0.188. The van der Waals surface area contributed by atoms with Gasteiger partial charge < -0.3 is 10.1 Å². The van der Waals surface area contributed by atoms with Crippen LogP contribution in [-0.2, 0) is 0 Å². The Bertz CT molecular complexity index is 482. The number of nitriles is 1. The maximum atomic E-state index is 12.1. The summed E-state index contributed by atoms with van der Waals surface area (Å²) in [6.45, 7) is 2.51. The number of carbonyl (C=O) groups is 1. The fraction of sp³-hybridized carbons (Fsp3) is 0.467. The van der Waals surface area contributed by atoms with E-state index >= 15 is 0 Å². The van der Waals surface area contributed by atoms with E-state index in [1.54, 1.807) is 24.3 Å². The Hall–Kier alpha value is -2.02. The normalized spacial score (nSPS) is 16.6. The number of benzene rings is 1. The molecule has 0 aliphatic heterocycles. The molecule has 1 saturated carbocycles. The molecule has 0 unspecified atom stereocenters. The van der Waals surface area contributed by atoms with E-state index in [4.69, 9.17) is 4.74 Å². The van der Waals surface area contributed by atoms with E-state index in [0.717, 1.165) is 31.4 Å². The molecule has 4 heteroatoms. The molecule has 1 aromatic carbocycles. The Kier molecular flexibility index (Phi) is 4.06. The predicted molar refractivity (Wildman–Crippen MR) is 71.9 cm³/mol. The van der Waals surface area contributed by atoms with E-state index in [1.807, 2.05) is 6.92 Å². The van der Waals surface area contributed by atoms with Crippen LogP contribution >= 0.6 is 0 Å². The largest absolute Gasteiger partial charge is 0.494 e. The lowest BCUT2D eigenvalue weighted by Gasteiger charge is -2.22. The average Bonchev–Trinajstić information content (AvgIpc) is 2.89. The lowest BCUT2D eigenvalue weighted by atomic mass is 9.99. The minimum atomic E-state index is -0.671. The molecule has 0 bridgehead atoms. The van der Waals surface area contributed by atoms with Gasteiger partial charge in [-0.3, -0.25) is 4.79 Å². The van der Waals surface area contributed by atoms with Crippen LogP contribution in [0.25, 0.3) is 0 Å². The summed E-state index contributed by atoms with van der Waals surface area (Å²) in [5, 5.41) is 12.1. The van der Waals surface area contributed by atoms with Crippen LogP contribution < -0.4 is 10.1 Å². The number of carbonyl (C=O) groups excluding carboxylic acids is 1. The van der Waals surface area contributed by atoms with Crippen molar-refractivity contribution in [1.29, 1.82) is 5.26 Å². The summed E-state index contributed by atoms with van der Waals surface area (Å²) in [6, 6.07) is 9.24. The number of rotatable bonds is 4. The van der Waals surface area contributed by atoms with E-state index in [9.17, 15) is 10.1 Å². The van der Waals surface area contributed by atoms with Crippen LogP contribution in [0.15, 0.2) is 24.3 Å². The van der Waals surface area contributed by atoms with Gasteiger partial charge in [0.2, 0.25) is 0 Å². The van der Waals surface area contributed by atoms with E-state index < -0.39 is 5.54 Å². The second-order valence-corrected chi connectivity index (χ2v) is 4.81. The summed E-state index contributed by atoms with van der Waals surface area (Å²) in [7, 11) is 0. The van der Waals surface area contributed by atoms with E-state index in [0.29, 0.717) is 12.2 Å². The lowest BCUT2D eigenvalue weighted by molar-refractivity contribution is 0.0920. The highest BCUT2D eigenvalue weighted by Crippen LogP contribution is 2.29. The van der Waals surface area contributed by atoms with Crippen molar-refractivity contribution in [2.45, 2.75) is 38.1 Å². The molecule has 1 aromatic rings. The zero-order valence-corrected chi connectivity index (χ0v) is 11.1. The highest BCUT2D eigenvalue weighted by molar-refractivity contribution is 5.95. The maximum absolute atomic E-state index is 12.1. The van der Waals surface area contributed by atoms with E-state index in [2.05, 4.69) is 11.4 Å². The molecule has 1 aliphatic rings. The Labute approximate surface area is 113 Å². The zero-order chi connectivity index (χ0) is 13.7. The molecular weight excluding hydrogens is 240 g/mol. The molecule has 4 nitrogen and oxygen atoms in total. The average molecular weight is 258 g/mol. The van der Waals surface area contributed by atoms with Crippen molar-refractivity contribution in [2.24, 2.45) is 0 Å². The number of ether oxygens (including phenoxy) is 1. The summed E-state index contributed by atoms with van der Waals surface area (Å²) in [6.07, 6.45) is 3.48. The molecular formula is C15H18N2O2. The molecule has 1 aliphatic carbocycles. The van der Waals surface area contributed by atoms with Gasteiger partial charge in [-0.15, -0.1) is 0 Å². The number of hydrogen-bond donors (Lipinski definition) is 1. The van der Waals surface area contributed by atoms with Gasteiger partial charge >= 0.3 is 0 Å². The molecule has 100 valence electrons. The van der Waals surface area contributed by atoms with Gasteiger partial charge in [0.05, 0.1) is 12.7 Å². The fourth-order valence-corrected chi connectivity index (χ4v) is 2.40. The third-order valence-electron chi connectivity index (χ3n) is 3.45. The van der Waals surface area contributed by atoms with Crippen LogP contribution in [0.1, 0.15) is 43.0 Å². The van der Waals surface area contributed by atoms with Gasteiger partial charge in [-0.25, -0.2) is 0 Å². The summed E-state index contributed by atoms with van der Waals surface area (Å²) in [5.74, 6) is 0.557. The number of hydrogen-bond acceptors (Lipinski definition) is 3. The third-order valence-corrected chi connectivity index (χ3v) is 3.45. The zero-order valence-electron chi connectivity index (χ0n) is 11.1. The number of nitrogens with zero attached hydrogens (tertiary/aromatic N) is 1. The van der Waals surface area contributed by atoms with Crippen molar-refractivity contribution in [3.05, 3.63) is 29.8 Å². The summed E-state index contributed by atoms with van der Waals surface area (Å²) < 4.78 is 5.33. The first-order valence-electron chi connectivity index (χ1n) is 6.66. The highest BCUT2D eigenvalue weighted by atomic mass is 16.5. The standard InChI is InChI=1S/C15H18N2O2/c1-2-19-13-7-5-12(6-8-13)14(18)17-15(11-16)9-3-4-10-15/h5-8H,2-4,9-10H2,1H3,(H,17,18). The molecule has 0 radical (unpaired) electrons. The van der Waals surface area contributed by atoms with Gasteiger partial charge in [-0.2, -0.15) is 5.26 Å². The molecule has 0 spiro atoms. The quantitative estimate of drug-likeness (QED) is 0.903. The molecule has 1 N–H and O–H groups in total. The van der Waals surface area contributed by atoms with Gasteiger partial charge in [0.15, 0.2) is 0 Å². The lowest BCUT2D eigenvalue weighted by Crippen LogP contribution is -2.45.